The molecule has 0 unspecified atom stereocenters. The van der Waals surface area contributed by atoms with E-state index in [1.807, 2.05) is 0 Å². The van der Waals surface area contributed by atoms with Gasteiger partial charge in [0.1, 0.15) is 4.75 Å². The Morgan fingerprint density at radius 2 is 1.95 bits per heavy atom. The third kappa shape index (κ3) is 1.52. The molecule has 2 fully saturated rings. The largest absolute Gasteiger partial charge is 0.480 e. The van der Waals surface area contributed by atoms with E-state index in [4.69, 9.17) is 5.11 Å². The fourth-order valence-electron chi connectivity index (χ4n) is 2.53. The highest BCUT2D eigenvalue weighted by molar-refractivity contribution is 7.94. The van der Waals surface area contributed by atoms with Crippen molar-refractivity contribution in [3.05, 3.63) is 11.6 Å². The molecule has 2 atom stereocenters. The number of carbonyl (C=O) groups is 3. The minimum absolute atomic E-state index is 0.256. The molecule has 2 saturated heterocycles. The number of hydrogen-bond acceptors (Lipinski definition) is 6. The number of carboxylic acids is 1. The van der Waals surface area contributed by atoms with Gasteiger partial charge in [-0.2, -0.15) is 0 Å². The fraction of sp³-hybridized carbons (Fsp3) is 0.545. The molecule has 9 heteroatoms. The van der Waals surface area contributed by atoms with Crippen LogP contribution in [0.4, 0.5) is 0 Å². The van der Waals surface area contributed by atoms with Gasteiger partial charge in [-0.15, -0.1) is 0 Å². The van der Waals surface area contributed by atoms with E-state index >= 15 is 0 Å². The molecule has 8 nitrogen and oxygen atoms in total. The summed E-state index contributed by atoms with van der Waals surface area (Å²) < 4.78 is 27.4. The van der Waals surface area contributed by atoms with Gasteiger partial charge in [0.2, 0.25) is 0 Å². The Labute approximate surface area is 114 Å². The number of methoxy groups -OCH3 is 1. The van der Waals surface area contributed by atoms with Crippen LogP contribution in [-0.4, -0.2) is 59.5 Å². The second-order valence-corrected chi connectivity index (χ2v) is 7.67. The molecular formula is C11H13NO7S. The van der Waals surface area contributed by atoms with Crippen molar-refractivity contribution in [1.82, 2.24) is 4.90 Å². The maximum atomic E-state index is 12.4. The molecule has 20 heavy (non-hydrogen) atoms. The van der Waals surface area contributed by atoms with E-state index in [-0.39, 0.29) is 5.57 Å². The van der Waals surface area contributed by atoms with E-state index in [0.717, 1.165) is 18.1 Å². The van der Waals surface area contributed by atoms with Crippen LogP contribution in [0.3, 0.4) is 0 Å². The van der Waals surface area contributed by atoms with Crippen molar-refractivity contribution in [2.45, 2.75) is 30.0 Å². The summed E-state index contributed by atoms with van der Waals surface area (Å²) in [4.78, 5) is 35.1. The number of esters is 1. The Kier molecular flexibility index (Phi) is 2.93. The summed E-state index contributed by atoms with van der Waals surface area (Å²) in [5.74, 6) is -3.03. The first kappa shape index (κ1) is 14.5. The summed E-state index contributed by atoms with van der Waals surface area (Å²) in [5.41, 5.74) is -0.256. The molecule has 0 saturated carbocycles. The average molecular weight is 303 g/mol. The first-order chi connectivity index (χ1) is 9.07. The molecule has 2 aliphatic heterocycles. The van der Waals surface area contributed by atoms with Crippen molar-refractivity contribution < 1.29 is 32.6 Å². The molecule has 2 rings (SSSR count). The van der Waals surface area contributed by atoms with E-state index in [1.165, 1.54) is 13.8 Å². The summed E-state index contributed by atoms with van der Waals surface area (Å²) in [5, 5.41) is 7.77. The molecule has 0 aromatic heterocycles. The highest BCUT2D eigenvalue weighted by atomic mass is 32.2. The Balaban J connectivity index is 2.56. The number of nitrogens with zero attached hydrogens (tertiary/aromatic N) is 1. The zero-order valence-electron chi connectivity index (χ0n) is 11.0. The quantitative estimate of drug-likeness (QED) is 0.391. The molecule has 1 amide bonds. The number of aliphatic carboxylic acids is 1. The van der Waals surface area contributed by atoms with E-state index in [9.17, 15) is 22.8 Å². The van der Waals surface area contributed by atoms with Crippen LogP contribution in [0.5, 0.6) is 0 Å². The topological polar surface area (TPSA) is 118 Å². The van der Waals surface area contributed by atoms with Crippen LogP contribution in [0.15, 0.2) is 11.6 Å². The van der Waals surface area contributed by atoms with E-state index in [2.05, 4.69) is 4.74 Å². The van der Waals surface area contributed by atoms with Crippen molar-refractivity contribution in [3.8, 4) is 0 Å². The van der Waals surface area contributed by atoms with Crippen LogP contribution in [0.1, 0.15) is 13.8 Å². The molecule has 0 aromatic carbocycles. The lowest BCUT2D eigenvalue weighted by Gasteiger charge is -2.37. The monoisotopic (exact) mass is 303 g/mol. The highest BCUT2D eigenvalue weighted by Crippen LogP contribution is 2.48. The van der Waals surface area contributed by atoms with Crippen molar-refractivity contribution in [1.29, 1.82) is 0 Å². The van der Waals surface area contributed by atoms with Crippen molar-refractivity contribution in [3.63, 3.8) is 0 Å². The zero-order valence-corrected chi connectivity index (χ0v) is 11.8. The molecule has 0 radical (unpaired) electrons. The van der Waals surface area contributed by atoms with Gasteiger partial charge in [-0.05, 0) is 13.8 Å². The summed E-state index contributed by atoms with van der Waals surface area (Å²) in [6.45, 7) is 2.50. The molecule has 0 spiro atoms. The number of carbonyl (C=O) groups excluding carboxylic acids is 2. The lowest BCUT2D eigenvalue weighted by atomic mass is 9.95. The lowest BCUT2D eigenvalue weighted by molar-refractivity contribution is -0.152. The van der Waals surface area contributed by atoms with Crippen molar-refractivity contribution >= 4 is 27.7 Å². The number of carboxylic acid groups (broad SMARTS) is 1. The van der Waals surface area contributed by atoms with Gasteiger partial charge in [-0.1, -0.05) is 0 Å². The SMILES string of the molecule is COC(=O)/C=C1/C(=O)N2[C@@H](C(=O)O)C(C)(C)S(=O)(=O)[C@H]12. The number of hydrogen-bond donors (Lipinski definition) is 1. The van der Waals surface area contributed by atoms with Crippen molar-refractivity contribution in [2.24, 2.45) is 0 Å². The minimum Gasteiger partial charge on any atom is -0.480 e. The third-order valence-electron chi connectivity index (χ3n) is 3.67. The van der Waals surface area contributed by atoms with E-state index < -0.39 is 43.8 Å². The van der Waals surface area contributed by atoms with E-state index in [1.54, 1.807) is 0 Å². The molecule has 2 heterocycles. The first-order valence-electron chi connectivity index (χ1n) is 5.65. The lowest BCUT2D eigenvalue weighted by Crippen LogP contribution is -2.59. The summed E-state index contributed by atoms with van der Waals surface area (Å²) in [6, 6.07) is -1.47. The Morgan fingerprint density at radius 1 is 1.40 bits per heavy atom. The van der Waals surface area contributed by atoms with Gasteiger partial charge in [0.05, 0.1) is 12.7 Å². The van der Waals surface area contributed by atoms with Crippen LogP contribution in [-0.2, 0) is 29.0 Å². The first-order valence-corrected chi connectivity index (χ1v) is 7.20. The normalized spacial score (nSPS) is 31.6. The van der Waals surface area contributed by atoms with Gasteiger partial charge in [0.25, 0.3) is 5.91 Å². The summed E-state index contributed by atoms with van der Waals surface area (Å²) in [7, 11) is -2.86. The Bertz CT molecular complexity index is 646. The standard InChI is InChI=1S/C11H13NO7S/c1-11(2)7(10(15)16)12-8(14)5(4-6(13)19-3)9(12)20(11,17)18/h4,7,9H,1-3H3,(H,15,16)/b5-4-/t7-,9+/m0/s1. The predicted octanol–water partition coefficient (Wildman–Crippen LogP) is -1.09. The molecule has 1 N–H and O–H groups in total. The molecule has 2 aliphatic rings. The fourth-order valence-corrected chi connectivity index (χ4v) is 4.65. The second kappa shape index (κ2) is 4.05. The number of β-lactam (4-membered cyclic amide) rings is 1. The molecule has 0 aromatic rings. The smallest absolute Gasteiger partial charge is 0.331 e. The average Bonchev–Trinajstić information content (AvgIpc) is 2.48. The molecular weight excluding hydrogens is 290 g/mol. The number of rotatable bonds is 2. The molecule has 0 aliphatic carbocycles. The van der Waals surface area contributed by atoms with Gasteiger partial charge in [0.15, 0.2) is 21.3 Å². The predicted molar refractivity (Wildman–Crippen MR) is 65.2 cm³/mol. The molecule has 110 valence electrons. The van der Waals surface area contributed by atoms with Crippen LogP contribution < -0.4 is 0 Å². The summed E-state index contributed by atoms with van der Waals surface area (Å²) >= 11 is 0. The maximum absolute atomic E-state index is 12.4. The Hall–Kier alpha value is -1.90. The van der Waals surface area contributed by atoms with E-state index in [0.29, 0.717) is 0 Å². The van der Waals surface area contributed by atoms with Crippen molar-refractivity contribution in [2.75, 3.05) is 7.11 Å². The minimum atomic E-state index is -3.95. The van der Waals surface area contributed by atoms with Gasteiger partial charge < -0.3 is 14.7 Å². The van der Waals surface area contributed by atoms with Crippen LogP contribution in [0.2, 0.25) is 0 Å². The van der Waals surface area contributed by atoms with Gasteiger partial charge in [0, 0.05) is 6.08 Å². The number of sulfone groups is 1. The molecule has 0 bridgehead atoms. The second-order valence-electron chi connectivity index (χ2n) is 5.08. The number of amides is 1. The number of fused-ring (bicyclic) bond motifs is 1. The van der Waals surface area contributed by atoms with Crippen LogP contribution in [0.25, 0.3) is 0 Å². The van der Waals surface area contributed by atoms with Crippen LogP contribution in [0, 0.1) is 0 Å². The van der Waals surface area contributed by atoms with Gasteiger partial charge >= 0.3 is 11.9 Å². The van der Waals surface area contributed by atoms with Crippen LogP contribution >= 0.6 is 0 Å². The maximum Gasteiger partial charge on any atom is 0.331 e. The van der Waals surface area contributed by atoms with Gasteiger partial charge in [-0.3, -0.25) is 4.79 Å². The zero-order chi connectivity index (χ0) is 15.5. The summed E-state index contributed by atoms with van der Waals surface area (Å²) in [6.07, 6.45) is 0.793. The highest BCUT2D eigenvalue weighted by Gasteiger charge is 2.70. The van der Waals surface area contributed by atoms with Gasteiger partial charge in [-0.25, -0.2) is 18.0 Å². The Morgan fingerprint density at radius 3 is 2.40 bits per heavy atom. The number of ether oxygens (including phenoxy) is 1. The third-order valence-corrected chi connectivity index (χ3v) is 6.43.